The minimum Gasteiger partial charge on any atom is -0.492 e. The normalized spacial score (nSPS) is 10.8. The van der Waals surface area contributed by atoms with Crippen LogP contribution >= 0.6 is 0 Å². The largest absolute Gasteiger partial charge is 0.492 e. The topological polar surface area (TPSA) is 98.5 Å². The van der Waals surface area contributed by atoms with Crippen LogP contribution in [0.25, 0.3) is 16.7 Å². The van der Waals surface area contributed by atoms with Crippen molar-refractivity contribution in [2.45, 2.75) is 13.3 Å². The number of para-hydroxylation sites is 2. The number of aliphatic hydroxyl groups is 1. The molecule has 8 nitrogen and oxygen atoms in total. The Hall–Kier alpha value is -3.91. The van der Waals surface area contributed by atoms with Gasteiger partial charge in [-0.3, -0.25) is 4.79 Å². The highest BCUT2D eigenvalue weighted by molar-refractivity contribution is 5.93. The van der Waals surface area contributed by atoms with Gasteiger partial charge in [-0.2, -0.15) is 0 Å². The maximum atomic E-state index is 12.5. The molecule has 0 aliphatic heterocycles. The van der Waals surface area contributed by atoms with E-state index in [1.165, 1.54) is 4.80 Å². The van der Waals surface area contributed by atoms with Gasteiger partial charge in [0.15, 0.2) is 6.61 Å². The van der Waals surface area contributed by atoms with E-state index in [0.29, 0.717) is 35.9 Å². The second-order valence-electron chi connectivity index (χ2n) is 7.02. The van der Waals surface area contributed by atoms with Crippen molar-refractivity contribution < 1.29 is 19.4 Å². The van der Waals surface area contributed by atoms with Crippen LogP contribution in [0.1, 0.15) is 12.5 Å². The van der Waals surface area contributed by atoms with Crippen LogP contribution < -0.4 is 14.8 Å². The molecule has 0 bridgehead atoms. The van der Waals surface area contributed by atoms with E-state index in [2.05, 4.69) is 15.5 Å². The zero-order valence-corrected chi connectivity index (χ0v) is 17.7. The lowest BCUT2D eigenvalue weighted by molar-refractivity contribution is -0.118. The molecule has 1 aromatic heterocycles. The fourth-order valence-electron chi connectivity index (χ4n) is 3.27. The molecule has 2 N–H and O–H groups in total. The minimum atomic E-state index is -0.318. The van der Waals surface area contributed by atoms with Crippen LogP contribution in [0.5, 0.6) is 11.5 Å². The van der Waals surface area contributed by atoms with Gasteiger partial charge >= 0.3 is 0 Å². The van der Waals surface area contributed by atoms with Crippen LogP contribution in [-0.4, -0.2) is 45.8 Å². The number of fused-ring (bicyclic) bond motifs is 1. The van der Waals surface area contributed by atoms with Crippen LogP contribution in [0.3, 0.4) is 0 Å². The van der Waals surface area contributed by atoms with Gasteiger partial charge in [-0.1, -0.05) is 30.3 Å². The van der Waals surface area contributed by atoms with Crippen molar-refractivity contribution in [1.29, 1.82) is 0 Å². The first-order chi connectivity index (χ1) is 15.7. The zero-order chi connectivity index (χ0) is 22.3. The summed E-state index contributed by atoms with van der Waals surface area (Å²) < 4.78 is 11.4. The highest BCUT2D eigenvalue weighted by Gasteiger charge is 2.14. The molecule has 0 aliphatic carbocycles. The van der Waals surface area contributed by atoms with Gasteiger partial charge in [-0.25, -0.2) is 0 Å². The van der Waals surface area contributed by atoms with Gasteiger partial charge in [0.1, 0.15) is 28.2 Å². The Bertz CT molecular complexity index is 1190. The van der Waals surface area contributed by atoms with Crippen LogP contribution in [0.2, 0.25) is 0 Å². The Morgan fingerprint density at radius 1 is 0.969 bits per heavy atom. The van der Waals surface area contributed by atoms with Gasteiger partial charge in [0.25, 0.3) is 5.91 Å². The average molecular weight is 432 g/mol. The second-order valence-corrected chi connectivity index (χ2v) is 7.02. The summed E-state index contributed by atoms with van der Waals surface area (Å²) in [7, 11) is 0. The van der Waals surface area contributed by atoms with E-state index < -0.39 is 0 Å². The zero-order valence-electron chi connectivity index (χ0n) is 17.7. The van der Waals surface area contributed by atoms with Gasteiger partial charge in [0.2, 0.25) is 0 Å². The third-order valence-electron chi connectivity index (χ3n) is 4.75. The molecule has 0 radical (unpaired) electrons. The predicted octanol–water partition coefficient (Wildman–Crippen LogP) is 3.37. The molecular weight excluding hydrogens is 408 g/mol. The molecule has 4 rings (SSSR count). The van der Waals surface area contributed by atoms with Crippen molar-refractivity contribution in [2.24, 2.45) is 0 Å². The number of hydrogen-bond acceptors (Lipinski definition) is 6. The molecule has 0 saturated carbocycles. The Labute approximate surface area is 185 Å². The highest BCUT2D eigenvalue weighted by Crippen LogP contribution is 2.26. The lowest BCUT2D eigenvalue weighted by Crippen LogP contribution is -2.21. The van der Waals surface area contributed by atoms with E-state index in [0.717, 1.165) is 16.6 Å². The van der Waals surface area contributed by atoms with Crippen molar-refractivity contribution >= 4 is 22.6 Å². The number of hydrogen-bond donors (Lipinski definition) is 2. The van der Waals surface area contributed by atoms with Crippen molar-refractivity contribution in [1.82, 2.24) is 15.0 Å². The molecule has 32 heavy (non-hydrogen) atoms. The summed E-state index contributed by atoms with van der Waals surface area (Å²) in [6, 6.07) is 20.2. The fraction of sp³-hybridized carbons (Fsp3) is 0.208. The third-order valence-corrected chi connectivity index (χ3v) is 4.75. The predicted molar refractivity (Wildman–Crippen MR) is 121 cm³/mol. The molecule has 0 atom stereocenters. The van der Waals surface area contributed by atoms with E-state index in [9.17, 15) is 9.90 Å². The summed E-state index contributed by atoms with van der Waals surface area (Å²) in [5.74, 6) is 0.742. The van der Waals surface area contributed by atoms with Crippen LogP contribution in [0.15, 0.2) is 66.7 Å². The van der Waals surface area contributed by atoms with E-state index in [4.69, 9.17) is 9.47 Å². The molecule has 0 aliphatic rings. The number of rotatable bonds is 9. The first-order valence-electron chi connectivity index (χ1n) is 10.4. The van der Waals surface area contributed by atoms with Crippen LogP contribution in [0.4, 0.5) is 5.69 Å². The number of nitrogens with zero attached hydrogens (tertiary/aromatic N) is 3. The molecule has 4 aromatic rings. The summed E-state index contributed by atoms with van der Waals surface area (Å²) in [5, 5.41) is 21.2. The Balaban J connectivity index is 1.55. The van der Waals surface area contributed by atoms with Crippen LogP contribution in [0, 0.1) is 0 Å². The summed E-state index contributed by atoms with van der Waals surface area (Å²) in [4.78, 5) is 14.0. The molecular formula is C24H24N4O4. The number of carbonyl (C=O) groups excluding carboxylic acids is 1. The summed E-state index contributed by atoms with van der Waals surface area (Å²) in [6.45, 7) is 2.21. The summed E-state index contributed by atoms with van der Waals surface area (Å²) in [6.07, 6.45) is 0.489. The van der Waals surface area contributed by atoms with E-state index >= 15 is 0 Å². The second kappa shape index (κ2) is 9.93. The number of amides is 1. The number of nitrogens with one attached hydrogen (secondary N) is 1. The molecule has 0 unspecified atom stereocenters. The van der Waals surface area contributed by atoms with E-state index in [1.807, 2.05) is 55.5 Å². The molecule has 164 valence electrons. The lowest BCUT2D eigenvalue weighted by Gasteiger charge is -2.14. The molecule has 0 spiro atoms. The maximum absolute atomic E-state index is 12.5. The number of ether oxygens (including phenoxy) is 2. The SMILES string of the molecule is CCOc1ccccc1NC(=O)COc1ccc(CCO)cc1-n1nc2ccccc2n1. The number of aromatic nitrogens is 3. The molecule has 8 heteroatoms. The first kappa shape index (κ1) is 21.3. The van der Waals surface area contributed by atoms with Crippen LogP contribution in [-0.2, 0) is 11.2 Å². The Morgan fingerprint density at radius 3 is 2.41 bits per heavy atom. The molecule has 1 amide bonds. The molecule has 1 heterocycles. The third kappa shape index (κ3) is 4.87. The Morgan fingerprint density at radius 2 is 1.69 bits per heavy atom. The van der Waals surface area contributed by atoms with E-state index in [1.54, 1.807) is 18.2 Å². The quantitative estimate of drug-likeness (QED) is 0.421. The highest BCUT2D eigenvalue weighted by atomic mass is 16.5. The van der Waals surface area contributed by atoms with Gasteiger partial charge in [0.05, 0.1) is 12.3 Å². The van der Waals surface area contributed by atoms with Gasteiger partial charge in [0, 0.05) is 6.61 Å². The molecule has 0 fully saturated rings. The van der Waals surface area contributed by atoms with Gasteiger partial charge in [-0.15, -0.1) is 15.0 Å². The summed E-state index contributed by atoms with van der Waals surface area (Å²) in [5.41, 5.74) is 3.58. The van der Waals surface area contributed by atoms with Crippen molar-refractivity contribution in [3.63, 3.8) is 0 Å². The number of benzene rings is 3. The van der Waals surface area contributed by atoms with Crippen molar-refractivity contribution in [3.8, 4) is 17.2 Å². The van der Waals surface area contributed by atoms with E-state index in [-0.39, 0.29) is 19.1 Å². The van der Waals surface area contributed by atoms with Gasteiger partial charge in [-0.05, 0) is 55.3 Å². The minimum absolute atomic E-state index is 0.0236. The number of aliphatic hydroxyl groups excluding tert-OH is 1. The maximum Gasteiger partial charge on any atom is 0.262 e. The standard InChI is InChI=1S/C24H24N4O4/c1-2-31-22-10-6-5-9-20(22)25-24(30)16-32-23-12-11-17(13-14-29)15-21(23)28-26-18-7-3-4-8-19(18)27-28/h3-12,15,29H,2,13-14,16H2,1H3,(H,25,30). The monoisotopic (exact) mass is 432 g/mol. The first-order valence-corrected chi connectivity index (χ1v) is 10.4. The average Bonchev–Trinajstić information content (AvgIpc) is 3.24. The Kier molecular flexibility index (Phi) is 6.62. The summed E-state index contributed by atoms with van der Waals surface area (Å²) >= 11 is 0. The van der Waals surface area contributed by atoms with Crippen molar-refractivity contribution in [3.05, 3.63) is 72.3 Å². The lowest BCUT2D eigenvalue weighted by atomic mass is 10.1. The molecule has 0 saturated heterocycles. The smallest absolute Gasteiger partial charge is 0.262 e. The molecule has 3 aromatic carbocycles. The van der Waals surface area contributed by atoms with Gasteiger partial charge < -0.3 is 19.9 Å². The number of anilines is 1. The fourth-order valence-corrected chi connectivity index (χ4v) is 3.27. The van der Waals surface area contributed by atoms with Crippen molar-refractivity contribution in [2.75, 3.05) is 25.1 Å². The number of carbonyl (C=O) groups is 1.